The van der Waals surface area contributed by atoms with Crippen LogP contribution in [0.4, 0.5) is 0 Å². The molecule has 3 rings (SSSR count). The maximum Gasteiger partial charge on any atom is 0.0343 e. The minimum Gasteiger partial charge on any atom is -0.316 e. The zero-order valence-electron chi connectivity index (χ0n) is 9.52. The second-order valence-corrected chi connectivity index (χ2v) is 4.84. The summed E-state index contributed by atoms with van der Waals surface area (Å²) in [7, 11) is 0. The Kier molecular flexibility index (Phi) is 2.75. The van der Waals surface area contributed by atoms with E-state index in [1.165, 1.54) is 36.9 Å². The minimum absolute atomic E-state index is 0.715. The summed E-state index contributed by atoms with van der Waals surface area (Å²) in [5.41, 5.74) is 2.84. The highest BCUT2D eigenvalue weighted by Crippen LogP contribution is 2.39. The van der Waals surface area contributed by atoms with Gasteiger partial charge in [0.05, 0.1) is 0 Å². The molecule has 1 N–H and O–H groups in total. The molecule has 1 aromatic heterocycles. The van der Waals surface area contributed by atoms with Gasteiger partial charge in [-0.05, 0) is 54.8 Å². The van der Waals surface area contributed by atoms with Gasteiger partial charge >= 0.3 is 0 Å². The molecular weight excluding hydrogens is 196 g/mol. The smallest absolute Gasteiger partial charge is 0.0343 e. The normalized spacial score (nSPS) is 29.4. The Balaban J connectivity index is 1.91. The summed E-state index contributed by atoms with van der Waals surface area (Å²) in [4.78, 5) is 4.24. The Morgan fingerprint density at radius 3 is 3.19 bits per heavy atom. The van der Waals surface area contributed by atoms with Crippen molar-refractivity contribution in [1.82, 2.24) is 10.3 Å². The van der Waals surface area contributed by atoms with Crippen molar-refractivity contribution in [1.29, 1.82) is 0 Å². The molecule has 1 aliphatic heterocycles. The first-order valence-corrected chi connectivity index (χ1v) is 6.26. The molecule has 1 saturated heterocycles. The van der Waals surface area contributed by atoms with Crippen LogP contribution < -0.4 is 5.32 Å². The number of hydrogen-bond donors (Lipinski definition) is 1. The SMILES string of the molecule is C1=C(c2cccnc2)[C@@H]2CNCC[C@@H]2CC1. The molecule has 0 saturated carbocycles. The molecule has 84 valence electrons. The monoisotopic (exact) mass is 214 g/mol. The fraction of sp³-hybridized carbons (Fsp3) is 0.500. The number of piperidine rings is 1. The van der Waals surface area contributed by atoms with Crippen molar-refractivity contribution in [2.45, 2.75) is 19.3 Å². The molecule has 0 radical (unpaired) electrons. The van der Waals surface area contributed by atoms with Gasteiger partial charge in [0, 0.05) is 18.9 Å². The summed E-state index contributed by atoms with van der Waals surface area (Å²) >= 11 is 0. The summed E-state index contributed by atoms with van der Waals surface area (Å²) in [5.74, 6) is 1.60. The van der Waals surface area contributed by atoms with E-state index in [1.807, 2.05) is 18.5 Å². The average Bonchev–Trinajstić information content (AvgIpc) is 2.39. The molecule has 1 fully saturated rings. The third-order valence-electron chi connectivity index (χ3n) is 3.92. The molecule has 2 atom stereocenters. The van der Waals surface area contributed by atoms with Crippen molar-refractivity contribution in [3.05, 3.63) is 36.2 Å². The molecule has 2 heteroatoms. The van der Waals surface area contributed by atoms with Gasteiger partial charge in [0.2, 0.25) is 0 Å². The summed E-state index contributed by atoms with van der Waals surface area (Å²) in [5, 5.41) is 3.52. The first-order valence-electron chi connectivity index (χ1n) is 6.26. The van der Waals surface area contributed by atoms with Crippen molar-refractivity contribution >= 4 is 5.57 Å². The van der Waals surface area contributed by atoms with Crippen LogP contribution in [-0.2, 0) is 0 Å². The molecule has 1 aliphatic carbocycles. The number of nitrogens with one attached hydrogen (secondary N) is 1. The van der Waals surface area contributed by atoms with E-state index in [2.05, 4.69) is 22.4 Å². The lowest BCUT2D eigenvalue weighted by molar-refractivity contribution is 0.285. The van der Waals surface area contributed by atoms with Crippen LogP contribution in [0, 0.1) is 11.8 Å². The van der Waals surface area contributed by atoms with Crippen LogP contribution in [0.1, 0.15) is 24.8 Å². The maximum absolute atomic E-state index is 4.24. The van der Waals surface area contributed by atoms with Gasteiger partial charge in [-0.2, -0.15) is 0 Å². The van der Waals surface area contributed by atoms with Crippen LogP contribution in [0.15, 0.2) is 30.6 Å². The van der Waals surface area contributed by atoms with Crippen molar-refractivity contribution in [2.24, 2.45) is 11.8 Å². The predicted octanol–water partition coefficient (Wildman–Crippen LogP) is 2.48. The lowest BCUT2D eigenvalue weighted by atomic mass is 9.73. The van der Waals surface area contributed by atoms with E-state index in [0.717, 1.165) is 12.5 Å². The van der Waals surface area contributed by atoms with Gasteiger partial charge in [0.15, 0.2) is 0 Å². The molecule has 0 bridgehead atoms. The zero-order valence-corrected chi connectivity index (χ0v) is 9.52. The first-order chi connectivity index (χ1) is 7.95. The number of rotatable bonds is 1. The highest BCUT2D eigenvalue weighted by molar-refractivity contribution is 5.68. The summed E-state index contributed by atoms with van der Waals surface area (Å²) < 4.78 is 0. The Morgan fingerprint density at radius 1 is 1.31 bits per heavy atom. The molecule has 0 aromatic carbocycles. The second-order valence-electron chi connectivity index (χ2n) is 4.84. The maximum atomic E-state index is 4.24. The van der Waals surface area contributed by atoms with Gasteiger partial charge in [-0.15, -0.1) is 0 Å². The highest BCUT2D eigenvalue weighted by atomic mass is 14.9. The van der Waals surface area contributed by atoms with Gasteiger partial charge in [-0.1, -0.05) is 12.1 Å². The fourth-order valence-corrected chi connectivity index (χ4v) is 3.09. The number of fused-ring (bicyclic) bond motifs is 1. The largest absolute Gasteiger partial charge is 0.316 e. The van der Waals surface area contributed by atoms with Crippen LogP contribution in [0.3, 0.4) is 0 Å². The van der Waals surface area contributed by atoms with Crippen LogP contribution in [0.25, 0.3) is 5.57 Å². The number of aromatic nitrogens is 1. The van der Waals surface area contributed by atoms with Crippen molar-refractivity contribution in [3.8, 4) is 0 Å². The number of hydrogen-bond acceptors (Lipinski definition) is 2. The third-order valence-corrected chi connectivity index (χ3v) is 3.92. The summed E-state index contributed by atoms with van der Waals surface area (Å²) in [6.45, 7) is 2.34. The van der Waals surface area contributed by atoms with E-state index in [0.29, 0.717) is 5.92 Å². The van der Waals surface area contributed by atoms with Gasteiger partial charge in [0.25, 0.3) is 0 Å². The van der Waals surface area contributed by atoms with Crippen molar-refractivity contribution in [2.75, 3.05) is 13.1 Å². The zero-order chi connectivity index (χ0) is 10.8. The quantitative estimate of drug-likeness (QED) is 0.777. The van der Waals surface area contributed by atoms with E-state index < -0.39 is 0 Å². The minimum atomic E-state index is 0.715. The number of nitrogens with zero attached hydrogens (tertiary/aromatic N) is 1. The standard InChI is InChI=1S/C14H18N2/c1-3-11-6-8-16-10-14(11)13(5-1)12-4-2-7-15-9-12/h2,4-5,7,9,11,14,16H,1,3,6,8,10H2/t11-,14+/m0/s1. The Labute approximate surface area is 96.8 Å². The molecular formula is C14H18N2. The Morgan fingerprint density at radius 2 is 2.31 bits per heavy atom. The first kappa shape index (κ1) is 10.0. The van der Waals surface area contributed by atoms with Gasteiger partial charge in [0.1, 0.15) is 0 Å². The fourth-order valence-electron chi connectivity index (χ4n) is 3.09. The highest BCUT2D eigenvalue weighted by Gasteiger charge is 2.30. The Hall–Kier alpha value is -1.15. The molecule has 2 heterocycles. The Bertz CT molecular complexity index is 383. The molecule has 2 aliphatic rings. The lowest BCUT2D eigenvalue weighted by Crippen LogP contribution is -2.38. The summed E-state index contributed by atoms with van der Waals surface area (Å²) in [6.07, 6.45) is 10.2. The van der Waals surface area contributed by atoms with E-state index in [9.17, 15) is 0 Å². The third kappa shape index (κ3) is 1.78. The molecule has 16 heavy (non-hydrogen) atoms. The summed E-state index contributed by atoms with van der Waals surface area (Å²) in [6, 6.07) is 4.23. The number of pyridine rings is 1. The van der Waals surface area contributed by atoms with E-state index in [1.54, 1.807) is 0 Å². The predicted molar refractivity (Wildman–Crippen MR) is 65.9 cm³/mol. The molecule has 2 nitrogen and oxygen atoms in total. The van der Waals surface area contributed by atoms with Gasteiger partial charge in [-0.25, -0.2) is 0 Å². The second kappa shape index (κ2) is 4.38. The molecule has 0 spiro atoms. The molecule has 0 amide bonds. The van der Waals surface area contributed by atoms with E-state index in [4.69, 9.17) is 0 Å². The van der Waals surface area contributed by atoms with E-state index >= 15 is 0 Å². The van der Waals surface area contributed by atoms with Crippen molar-refractivity contribution in [3.63, 3.8) is 0 Å². The molecule has 1 aromatic rings. The van der Waals surface area contributed by atoms with Gasteiger partial charge < -0.3 is 5.32 Å². The number of allylic oxidation sites excluding steroid dienone is 1. The van der Waals surface area contributed by atoms with E-state index in [-0.39, 0.29) is 0 Å². The van der Waals surface area contributed by atoms with Crippen molar-refractivity contribution < 1.29 is 0 Å². The average molecular weight is 214 g/mol. The van der Waals surface area contributed by atoms with Crippen LogP contribution >= 0.6 is 0 Å². The molecule has 0 unspecified atom stereocenters. The van der Waals surface area contributed by atoms with Crippen LogP contribution in [-0.4, -0.2) is 18.1 Å². The van der Waals surface area contributed by atoms with Crippen LogP contribution in [0.5, 0.6) is 0 Å². The van der Waals surface area contributed by atoms with Crippen LogP contribution in [0.2, 0.25) is 0 Å². The topological polar surface area (TPSA) is 24.9 Å². The lowest BCUT2D eigenvalue weighted by Gasteiger charge is -2.37. The van der Waals surface area contributed by atoms with Gasteiger partial charge in [-0.3, -0.25) is 4.98 Å².